The Morgan fingerprint density at radius 2 is 1.29 bits per heavy atom. The standard InChI is InChI=1S/C14H27NO2/c1-17-13-11-9-7-5-3-2-4-6-8-10-12-15-14-16/h1-13H2,(H,15,16). The molecule has 0 saturated carbocycles. The van der Waals surface area contributed by atoms with Crippen molar-refractivity contribution >= 4 is 6.41 Å². The van der Waals surface area contributed by atoms with E-state index in [2.05, 4.69) is 12.4 Å². The number of ether oxygens (including phenoxy) is 1. The van der Waals surface area contributed by atoms with Gasteiger partial charge in [0.25, 0.3) is 0 Å². The predicted molar refractivity (Wildman–Crippen MR) is 71.2 cm³/mol. The molecule has 0 heterocycles. The van der Waals surface area contributed by atoms with E-state index in [1.165, 1.54) is 51.4 Å². The molecule has 0 bridgehead atoms. The predicted octanol–water partition coefficient (Wildman–Crippen LogP) is 3.35. The Kier molecular flexibility index (Phi) is 14.9. The average molecular weight is 241 g/mol. The average Bonchev–Trinajstić information content (AvgIpc) is 2.35. The van der Waals surface area contributed by atoms with Gasteiger partial charge in [0.05, 0.1) is 7.11 Å². The van der Waals surface area contributed by atoms with Crippen LogP contribution in [0.2, 0.25) is 0 Å². The second kappa shape index (κ2) is 15.4. The Labute approximate surface area is 106 Å². The normalized spacial score (nSPS) is 10.4. The summed E-state index contributed by atoms with van der Waals surface area (Å²) in [6.45, 7) is 1.57. The van der Waals surface area contributed by atoms with E-state index in [9.17, 15) is 4.79 Å². The lowest BCUT2D eigenvalue weighted by Crippen LogP contribution is -2.11. The molecular formula is C14H27NO2. The molecule has 0 atom stereocenters. The van der Waals surface area contributed by atoms with E-state index in [-0.39, 0.29) is 0 Å². The van der Waals surface area contributed by atoms with Crippen LogP contribution in [-0.2, 0) is 9.53 Å². The molecule has 0 rings (SSSR count). The first-order valence-corrected chi connectivity index (χ1v) is 6.89. The summed E-state index contributed by atoms with van der Waals surface area (Å²) in [5.74, 6) is 0. The molecule has 0 aromatic carbocycles. The Morgan fingerprint density at radius 1 is 0.824 bits per heavy atom. The van der Waals surface area contributed by atoms with Crippen LogP contribution >= 0.6 is 0 Å². The van der Waals surface area contributed by atoms with Crippen LogP contribution in [0.1, 0.15) is 64.2 Å². The van der Waals surface area contributed by atoms with E-state index >= 15 is 0 Å². The monoisotopic (exact) mass is 241 g/mol. The van der Waals surface area contributed by atoms with Gasteiger partial charge in [-0.1, -0.05) is 51.4 Å². The first kappa shape index (κ1) is 16.4. The van der Waals surface area contributed by atoms with Crippen molar-refractivity contribution in [1.29, 1.82) is 0 Å². The Hall–Kier alpha value is -0.570. The van der Waals surface area contributed by atoms with Gasteiger partial charge in [0.1, 0.15) is 0 Å². The fourth-order valence-electron chi connectivity index (χ4n) is 1.88. The van der Waals surface area contributed by atoms with Gasteiger partial charge >= 0.3 is 6.41 Å². The van der Waals surface area contributed by atoms with Gasteiger partial charge in [-0.05, 0) is 12.8 Å². The van der Waals surface area contributed by atoms with Gasteiger partial charge in [-0.2, -0.15) is 0 Å². The molecule has 0 aromatic heterocycles. The van der Waals surface area contributed by atoms with Crippen LogP contribution in [0.4, 0.5) is 0 Å². The van der Waals surface area contributed by atoms with Crippen LogP contribution in [-0.4, -0.2) is 19.6 Å². The van der Waals surface area contributed by atoms with Gasteiger partial charge in [0.2, 0.25) is 0 Å². The summed E-state index contributed by atoms with van der Waals surface area (Å²) in [5, 5.41) is 2.56. The van der Waals surface area contributed by atoms with Crippen molar-refractivity contribution in [3.8, 4) is 0 Å². The van der Waals surface area contributed by atoms with Crippen molar-refractivity contribution in [2.24, 2.45) is 0 Å². The van der Waals surface area contributed by atoms with Crippen molar-refractivity contribution in [2.75, 3.05) is 13.2 Å². The molecule has 0 aliphatic rings. The summed E-state index contributed by atoms with van der Waals surface area (Å²) in [6.07, 6.45) is 14.4. The second-order valence-corrected chi connectivity index (χ2v) is 4.47. The maximum absolute atomic E-state index is 9.86. The molecule has 3 heteroatoms. The van der Waals surface area contributed by atoms with Gasteiger partial charge < -0.3 is 10.1 Å². The summed E-state index contributed by atoms with van der Waals surface area (Å²) in [5.41, 5.74) is 0. The van der Waals surface area contributed by atoms with Gasteiger partial charge in [-0.25, -0.2) is 0 Å². The third-order valence-electron chi connectivity index (χ3n) is 2.91. The highest BCUT2D eigenvalue weighted by atomic mass is 16.5. The van der Waals surface area contributed by atoms with Crippen LogP contribution in [0.15, 0.2) is 0 Å². The second-order valence-electron chi connectivity index (χ2n) is 4.47. The van der Waals surface area contributed by atoms with Gasteiger partial charge in [0, 0.05) is 13.2 Å². The van der Waals surface area contributed by atoms with E-state index in [1.807, 2.05) is 0 Å². The summed E-state index contributed by atoms with van der Waals surface area (Å²) < 4.78 is 4.76. The van der Waals surface area contributed by atoms with E-state index < -0.39 is 0 Å². The quantitative estimate of drug-likeness (QED) is 0.374. The Balaban J connectivity index is 2.87. The molecule has 3 nitrogen and oxygen atoms in total. The highest BCUT2D eigenvalue weighted by Gasteiger charge is 1.93. The van der Waals surface area contributed by atoms with Crippen LogP contribution in [0, 0.1) is 7.11 Å². The van der Waals surface area contributed by atoms with Crippen molar-refractivity contribution < 1.29 is 9.53 Å². The molecule has 100 valence electrons. The summed E-state index contributed by atoms with van der Waals surface area (Å²) in [7, 11) is 3.35. The molecule has 1 amide bonds. The van der Waals surface area contributed by atoms with E-state index in [4.69, 9.17) is 4.74 Å². The number of carbonyl (C=O) groups excluding carboxylic acids is 1. The van der Waals surface area contributed by atoms with E-state index in [0.29, 0.717) is 0 Å². The number of nitrogens with one attached hydrogen (secondary N) is 1. The molecule has 0 spiro atoms. The van der Waals surface area contributed by atoms with Crippen molar-refractivity contribution in [1.82, 2.24) is 5.32 Å². The Morgan fingerprint density at radius 3 is 1.76 bits per heavy atom. The first-order chi connectivity index (χ1) is 8.41. The van der Waals surface area contributed by atoms with Gasteiger partial charge in [0.15, 0.2) is 0 Å². The minimum Gasteiger partial charge on any atom is -0.379 e. The van der Waals surface area contributed by atoms with Crippen molar-refractivity contribution in [2.45, 2.75) is 64.2 Å². The van der Waals surface area contributed by atoms with Crippen molar-refractivity contribution in [3.63, 3.8) is 0 Å². The van der Waals surface area contributed by atoms with E-state index in [1.54, 1.807) is 6.41 Å². The SMILES string of the molecule is [CH2]OCCCCCCCCCCCCN[C]=O. The molecule has 0 aliphatic heterocycles. The lowest BCUT2D eigenvalue weighted by molar-refractivity contribution is 0.233. The van der Waals surface area contributed by atoms with E-state index in [0.717, 1.165) is 26.0 Å². The summed E-state index contributed by atoms with van der Waals surface area (Å²) >= 11 is 0. The third-order valence-corrected chi connectivity index (χ3v) is 2.91. The maximum atomic E-state index is 9.86. The molecule has 0 aliphatic carbocycles. The van der Waals surface area contributed by atoms with Crippen LogP contribution in [0.25, 0.3) is 0 Å². The van der Waals surface area contributed by atoms with Crippen LogP contribution in [0.3, 0.4) is 0 Å². The number of rotatable bonds is 14. The fraction of sp³-hybridized carbons (Fsp3) is 0.857. The summed E-state index contributed by atoms with van der Waals surface area (Å²) in [4.78, 5) is 9.86. The number of hydrogen-bond donors (Lipinski definition) is 1. The lowest BCUT2D eigenvalue weighted by Gasteiger charge is -2.02. The van der Waals surface area contributed by atoms with Gasteiger partial charge in [-0.15, -0.1) is 0 Å². The zero-order chi connectivity index (χ0) is 12.6. The summed E-state index contributed by atoms with van der Waals surface area (Å²) in [6, 6.07) is 0. The molecule has 2 radical (unpaired) electrons. The highest BCUT2D eigenvalue weighted by molar-refractivity contribution is 5.46. The van der Waals surface area contributed by atoms with Crippen LogP contribution < -0.4 is 5.32 Å². The zero-order valence-electron chi connectivity index (χ0n) is 11.0. The molecule has 17 heavy (non-hydrogen) atoms. The highest BCUT2D eigenvalue weighted by Crippen LogP contribution is 2.10. The largest absolute Gasteiger partial charge is 0.379 e. The number of unbranched alkanes of at least 4 members (excludes halogenated alkanes) is 9. The topological polar surface area (TPSA) is 38.3 Å². The van der Waals surface area contributed by atoms with Crippen molar-refractivity contribution in [3.05, 3.63) is 7.11 Å². The number of hydrogen-bond acceptors (Lipinski definition) is 2. The molecule has 0 unspecified atom stereocenters. The maximum Gasteiger partial charge on any atom is 0.309 e. The molecule has 0 aromatic rings. The minimum atomic E-state index is 0.776. The Bertz CT molecular complexity index is 151. The smallest absolute Gasteiger partial charge is 0.309 e. The molecule has 0 saturated heterocycles. The molecular weight excluding hydrogens is 214 g/mol. The lowest BCUT2D eigenvalue weighted by atomic mass is 10.1. The minimum absolute atomic E-state index is 0.776. The first-order valence-electron chi connectivity index (χ1n) is 6.89. The number of amides is 1. The van der Waals surface area contributed by atoms with Gasteiger partial charge in [-0.3, -0.25) is 4.79 Å². The zero-order valence-corrected chi connectivity index (χ0v) is 11.0. The molecule has 1 N–H and O–H groups in total. The van der Waals surface area contributed by atoms with Crippen LogP contribution in [0.5, 0.6) is 0 Å². The molecule has 0 fully saturated rings. The fourth-order valence-corrected chi connectivity index (χ4v) is 1.88. The third kappa shape index (κ3) is 15.4.